The van der Waals surface area contributed by atoms with Crippen LogP contribution in [0.5, 0.6) is 0 Å². The minimum absolute atomic E-state index is 0.139. The summed E-state index contributed by atoms with van der Waals surface area (Å²) in [5.41, 5.74) is 0.832. The van der Waals surface area contributed by atoms with Gasteiger partial charge in [-0.1, -0.05) is 17.7 Å². The monoisotopic (exact) mass is 242 g/mol. The third-order valence-corrected chi connectivity index (χ3v) is 3.58. The number of benzene rings is 1. The summed E-state index contributed by atoms with van der Waals surface area (Å²) in [5.74, 6) is -1.23. The maximum absolute atomic E-state index is 12.8. The van der Waals surface area contributed by atoms with Gasteiger partial charge < -0.3 is 5.11 Å². The third-order valence-electron chi connectivity index (χ3n) is 3.23. The Morgan fingerprint density at radius 1 is 1.50 bits per heavy atom. The standard InChI is InChI=1S/C12H12ClFO2/c13-11-6-9(14)3-1-8(11)5-7-2-4-10(7)12(15)16/h1,3,6-7,10H,2,4-5H2,(H,15,16). The van der Waals surface area contributed by atoms with Crippen molar-refractivity contribution in [3.05, 3.63) is 34.6 Å². The predicted molar refractivity (Wildman–Crippen MR) is 59.0 cm³/mol. The Hall–Kier alpha value is -1.09. The fourth-order valence-corrected chi connectivity index (χ4v) is 2.35. The number of hydrogen-bond acceptors (Lipinski definition) is 1. The molecule has 1 aliphatic rings. The molecule has 4 heteroatoms. The molecule has 0 amide bonds. The van der Waals surface area contributed by atoms with Crippen molar-refractivity contribution < 1.29 is 14.3 Å². The van der Waals surface area contributed by atoms with Crippen LogP contribution in [0.1, 0.15) is 18.4 Å². The average molecular weight is 243 g/mol. The van der Waals surface area contributed by atoms with Crippen LogP contribution in [0.15, 0.2) is 18.2 Å². The second-order valence-electron chi connectivity index (χ2n) is 4.22. The highest BCUT2D eigenvalue weighted by molar-refractivity contribution is 6.31. The van der Waals surface area contributed by atoms with Gasteiger partial charge in [0.2, 0.25) is 0 Å². The summed E-state index contributed by atoms with van der Waals surface area (Å²) < 4.78 is 12.8. The molecule has 2 unspecified atom stereocenters. The first-order chi connectivity index (χ1) is 7.58. The summed E-state index contributed by atoms with van der Waals surface area (Å²) in [6.45, 7) is 0. The first-order valence-electron chi connectivity index (χ1n) is 5.24. The van der Waals surface area contributed by atoms with Crippen molar-refractivity contribution in [3.8, 4) is 0 Å². The first-order valence-corrected chi connectivity index (χ1v) is 5.62. The van der Waals surface area contributed by atoms with Gasteiger partial charge >= 0.3 is 5.97 Å². The van der Waals surface area contributed by atoms with Gasteiger partial charge in [-0.3, -0.25) is 4.79 Å². The van der Waals surface area contributed by atoms with E-state index >= 15 is 0 Å². The van der Waals surface area contributed by atoms with E-state index < -0.39 is 5.97 Å². The molecule has 1 aliphatic carbocycles. The smallest absolute Gasteiger partial charge is 0.306 e. The molecule has 0 heterocycles. The molecule has 2 rings (SSSR count). The van der Waals surface area contributed by atoms with Crippen molar-refractivity contribution in [2.75, 3.05) is 0 Å². The second-order valence-corrected chi connectivity index (χ2v) is 4.63. The Bertz CT molecular complexity index is 419. The predicted octanol–water partition coefficient (Wildman–Crippen LogP) is 3.13. The summed E-state index contributed by atoms with van der Waals surface area (Å²) in [6, 6.07) is 4.26. The summed E-state index contributed by atoms with van der Waals surface area (Å²) >= 11 is 5.89. The van der Waals surface area contributed by atoms with E-state index in [1.807, 2.05) is 0 Å². The van der Waals surface area contributed by atoms with E-state index in [0.29, 0.717) is 11.4 Å². The van der Waals surface area contributed by atoms with E-state index in [2.05, 4.69) is 0 Å². The number of carboxylic acid groups (broad SMARTS) is 1. The van der Waals surface area contributed by atoms with Crippen molar-refractivity contribution in [2.45, 2.75) is 19.3 Å². The Morgan fingerprint density at radius 2 is 2.25 bits per heavy atom. The molecule has 1 fully saturated rings. The maximum Gasteiger partial charge on any atom is 0.306 e. The van der Waals surface area contributed by atoms with Gasteiger partial charge in [0.15, 0.2) is 0 Å². The van der Waals surface area contributed by atoms with E-state index in [9.17, 15) is 9.18 Å². The molecule has 1 aromatic carbocycles. The fourth-order valence-electron chi connectivity index (χ4n) is 2.11. The quantitative estimate of drug-likeness (QED) is 0.884. The van der Waals surface area contributed by atoms with Crippen LogP contribution >= 0.6 is 11.6 Å². The van der Waals surface area contributed by atoms with Crippen LogP contribution < -0.4 is 0 Å². The van der Waals surface area contributed by atoms with Crippen molar-refractivity contribution in [2.24, 2.45) is 11.8 Å². The van der Waals surface area contributed by atoms with Gasteiger partial charge in [-0.15, -0.1) is 0 Å². The number of rotatable bonds is 3. The Kier molecular flexibility index (Phi) is 3.15. The maximum atomic E-state index is 12.8. The lowest BCUT2D eigenvalue weighted by Crippen LogP contribution is -2.34. The van der Waals surface area contributed by atoms with Gasteiger partial charge in [0.05, 0.1) is 5.92 Å². The van der Waals surface area contributed by atoms with E-state index in [-0.39, 0.29) is 17.7 Å². The van der Waals surface area contributed by atoms with E-state index in [4.69, 9.17) is 16.7 Å². The van der Waals surface area contributed by atoms with Crippen LogP contribution in [0.25, 0.3) is 0 Å². The summed E-state index contributed by atoms with van der Waals surface area (Å²) in [4.78, 5) is 10.8. The number of aliphatic carboxylic acids is 1. The minimum atomic E-state index is -0.741. The van der Waals surface area contributed by atoms with Gasteiger partial charge in [0.25, 0.3) is 0 Å². The molecular formula is C12H12ClFO2. The average Bonchev–Trinajstić information content (AvgIpc) is 2.13. The topological polar surface area (TPSA) is 37.3 Å². The summed E-state index contributed by atoms with van der Waals surface area (Å²) in [6.07, 6.45) is 2.26. The molecule has 2 nitrogen and oxygen atoms in total. The number of carboxylic acids is 1. The van der Waals surface area contributed by atoms with Gasteiger partial charge in [0.1, 0.15) is 5.82 Å². The van der Waals surface area contributed by atoms with Crippen molar-refractivity contribution in [1.29, 1.82) is 0 Å². The molecule has 2 atom stereocenters. The third kappa shape index (κ3) is 2.19. The number of halogens is 2. The Labute approximate surface area is 98.0 Å². The molecule has 1 saturated carbocycles. The van der Waals surface area contributed by atoms with Gasteiger partial charge in [-0.2, -0.15) is 0 Å². The molecule has 0 bridgehead atoms. The highest BCUT2D eigenvalue weighted by atomic mass is 35.5. The van der Waals surface area contributed by atoms with Crippen molar-refractivity contribution in [1.82, 2.24) is 0 Å². The molecule has 1 aromatic rings. The van der Waals surface area contributed by atoms with E-state index in [1.54, 1.807) is 6.07 Å². The van der Waals surface area contributed by atoms with Crippen LogP contribution in [-0.2, 0) is 11.2 Å². The fraction of sp³-hybridized carbons (Fsp3) is 0.417. The minimum Gasteiger partial charge on any atom is -0.481 e. The normalized spacial score (nSPS) is 23.9. The zero-order chi connectivity index (χ0) is 11.7. The molecule has 0 spiro atoms. The highest BCUT2D eigenvalue weighted by Crippen LogP contribution is 2.38. The molecule has 16 heavy (non-hydrogen) atoms. The van der Waals surface area contributed by atoms with Gasteiger partial charge in [-0.25, -0.2) is 4.39 Å². The van der Waals surface area contributed by atoms with Gasteiger partial charge in [-0.05, 0) is 42.9 Å². The van der Waals surface area contributed by atoms with Crippen molar-refractivity contribution in [3.63, 3.8) is 0 Å². The van der Waals surface area contributed by atoms with Crippen LogP contribution in [0.3, 0.4) is 0 Å². The number of carbonyl (C=O) groups is 1. The van der Waals surface area contributed by atoms with E-state index in [1.165, 1.54) is 12.1 Å². The van der Waals surface area contributed by atoms with Crippen LogP contribution in [-0.4, -0.2) is 11.1 Å². The zero-order valence-electron chi connectivity index (χ0n) is 8.62. The SMILES string of the molecule is O=C(O)C1CCC1Cc1ccc(F)cc1Cl. The lowest BCUT2D eigenvalue weighted by Gasteiger charge is -2.33. The molecule has 86 valence electrons. The summed E-state index contributed by atoms with van der Waals surface area (Å²) in [7, 11) is 0. The van der Waals surface area contributed by atoms with E-state index in [0.717, 1.165) is 18.4 Å². The highest BCUT2D eigenvalue weighted by Gasteiger charge is 2.36. The van der Waals surface area contributed by atoms with Crippen LogP contribution in [0, 0.1) is 17.7 Å². The lowest BCUT2D eigenvalue weighted by molar-refractivity contribution is -0.147. The summed E-state index contributed by atoms with van der Waals surface area (Å²) in [5, 5.41) is 9.29. The largest absolute Gasteiger partial charge is 0.481 e. The van der Waals surface area contributed by atoms with Crippen LogP contribution in [0.4, 0.5) is 4.39 Å². The molecule has 1 N–H and O–H groups in total. The molecule has 0 radical (unpaired) electrons. The molecule has 0 aromatic heterocycles. The lowest BCUT2D eigenvalue weighted by atomic mass is 9.71. The Balaban J connectivity index is 2.07. The molecule has 0 saturated heterocycles. The molecule has 0 aliphatic heterocycles. The van der Waals surface area contributed by atoms with Crippen LogP contribution in [0.2, 0.25) is 5.02 Å². The van der Waals surface area contributed by atoms with Gasteiger partial charge in [0, 0.05) is 5.02 Å². The Morgan fingerprint density at radius 3 is 2.75 bits per heavy atom. The molecular weight excluding hydrogens is 231 g/mol. The second kappa shape index (κ2) is 4.42. The first kappa shape index (κ1) is 11.4. The number of hydrogen-bond donors (Lipinski definition) is 1. The zero-order valence-corrected chi connectivity index (χ0v) is 9.38. The van der Waals surface area contributed by atoms with Crippen molar-refractivity contribution >= 4 is 17.6 Å².